The van der Waals surface area contributed by atoms with Gasteiger partial charge in [-0.15, -0.1) is 0 Å². The monoisotopic (exact) mass is 636 g/mol. The van der Waals surface area contributed by atoms with Gasteiger partial charge in [0, 0.05) is 21.5 Å². The molecule has 0 fully saturated rings. The number of para-hydroxylation sites is 1. The number of hydrogen-bond acceptors (Lipinski definition) is 2. The Bertz CT molecular complexity index is 3090. The molecule has 0 spiro atoms. The van der Waals surface area contributed by atoms with Gasteiger partial charge in [-0.05, 0) is 102 Å². The Morgan fingerprint density at radius 1 is 0.200 bits per heavy atom. The van der Waals surface area contributed by atoms with E-state index < -0.39 is 0 Å². The van der Waals surface area contributed by atoms with Gasteiger partial charge in [0.1, 0.15) is 22.3 Å². The van der Waals surface area contributed by atoms with E-state index in [1.807, 2.05) is 18.2 Å². The van der Waals surface area contributed by atoms with E-state index in [0.29, 0.717) is 0 Å². The third-order valence-corrected chi connectivity index (χ3v) is 10.5. The molecule has 11 rings (SSSR count). The van der Waals surface area contributed by atoms with Crippen molar-refractivity contribution in [3.8, 4) is 33.4 Å². The molecule has 9 aromatic carbocycles. The van der Waals surface area contributed by atoms with Crippen molar-refractivity contribution in [3.05, 3.63) is 170 Å². The summed E-state index contributed by atoms with van der Waals surface area (Å²) in [7, 11) is 0. The highest BCUT2D eigenvalue weighted by Gasteiger charge is 2.14. The molecule has 0 unspecified atom stereocenters. The molecule has 0 aliphatic rings. The standard InChI is InChI=1S/C48H28O2/c1-2-9-37-35(7-1)36-8-3-4-10-38(36)41-25-33(21-23-39(37)41)31-17-13-29(14-18-31)30-15-19-32(20-16-30)34-22-24-46-42(26-34)44-28-47-43(27-48(44)50-46)40-11-5-6-12-45(40)49-47/h1-28H. The van der Waals surface area contributed by atoms with Crippen molar-refractivity contribution in [1.82, 2.24) is 0 Å². The van der Waals surface area contributed by atoms with E-state index in [2.05, 4.69) is 152 Å². The Hall–Kier alpha value is -6.64. The summed E-state index contributed by atoms with van der Waals surface area (Å²) >= 11 is 0. The van der Waals surface area contributed by atoms with E-state index in [-0.39, 0.29) is 0 Å². The third kappa shape index (κ3) is 4.09. The Morgan fingerprint density at radius 2 is 0.540 bits per heavy atom. The number of furan rings is 2. The quantitative estimate of drug-likeness (QED) is 0.180. The summed E-state index contributed by atoms with van der Waals surface area (Å²) in [5.41, 5.74) is 10.7. The topological polar surface area (TPSA) is 26.3 Å². The van der Waals surface area contributed by atoms with Crippen LogP contribution < -0.4 is 0 Å². The van der Waals surface area contributed by atoms with E-state index >= 15 is 0 Å². The molecule has 2 nitrogen and oxygen atoms in total. The molecular formula is C48H28O2. The average molecular weight is 637 g/mol. The fraction of sp³-hybridized carbons (Fsp3) is 0. The van der Waals surface area contributed by atoms with Crippen molar-refractivity contribution in [1.29, 1.82) is 0 Å². The van der Waals surface area contributed by atoms with E-state index in [9.17, 15) is 0 Å². The summed E-state index contributed by atoms with van der Waals surface area (Å²) in [4.78, 5) is 0. The lowest BCUT2D eigenvalue weighted by Gasteiger charge is -2.12. The maximum absolute atomic E-state index is 6.30. The highest BCUT2D eigenvalue weighted by atomic mass is 16.3. The van der Waals surface area contributed by atoms with Crippen molar-refractivity contribution < 1.29 is 8.83 Å². The first-order chi connectivity index (χ1) is 24.7. The van der Waals surface area contributed by atoms with Crippen LogP contribution in [-0.4, -0.2) is 0 Å². The third-order valence-electron chi connectivity index (χ3n) is 10.5. The van der Waals surface area contributed by atoms with Crippen LogP contribution >= 0.6 is 0 Å². The molecule has 0 bridgehead atoms. The summed E-state index contributed by atoms with van der Waals surface area (Å²) in [6.07, 6.45) is 0. The first-order valence-corrected chi connectivity index (χ1v) is 17.1. The minimum absolute atomic E-state index is 0.875. The van der Waals surface area contributed by atoms with Crippen molar-refractivity contribution in [2.75, 3.05) is 0 Å². The molecule has 0 aliphatic heterocycles. The van der Waals surface area contributed by atoms with Crippen LogP contribution in [-0.2, 0) is 0 Å². The number of hydrogen-bond donors (Lipinski definition) is 0. The first kappa shape index (κ1) is 27.3. The van der Waals surface area contributed by atoms with Gasteiger partial charge in [0.15, 0.2) is 0 Å². The zero-order chi connectivity index (χ0) is 32.8. The van der Waals surface area contributed by atoms with Crippen molar-refractivity contribution in [3.63, 3.8) is 0 Å². The van der Waals surface area contributed by atoms with Crippen molar-refractivity contribution in [2.45, 2.75) is 0 Å². The Balaban J connectivity index is 0.919. The largest absolute Gasteiger partial charge is 0.456 e. The highest BCUT2D eigenvalue weighted by molar-refractivity contribution is 6.25. The Labute approximate surface area is 287 Å². The summed E-state index contributed by atoms with van der Waals surface area (Å²) in [6, 6.07) is 61.0. The van der Waals surface area contributed by atoms with Crippen LogP contribution in [0.15, 0.2) is 179 Å². The first-order valence-electron chi connectivity index (χ1n) is 17.1. The zero-order valence-electron chi connectivity index (χ0n) is 27.0. The molecule has 11 aromatic rings. The van der Waals surface area contributed by atoms with Gasteiger partial charge in [0.25, 0.3) is 0 Å². The number of rotatable bonds is 3. The second-order valence-corrected chi connectivity index (χ2v) is 13.3. The van der Waals surface area contributed by atoms with Crippen LogP contribution in [0, 0.1) is 0 Å². The van der Waals surface area contributed by atoms with Gasteiger partial charge in [-0.2, -0.15) is 0 Å². The Morgan fingerprint density at radius 3 is 1.10 bits per heavy atom. The molecule has 232 valence electrons. The van der Waals surface area contributed by atoms with E-state index in [1.54, 1.807) is 0 Å². The van der Waals surface area contributed by atoms with Crippen LogP contribution in [0.25, 0.3) is 110 Å². The molecule has 0 N–H and O–H groups in total. The van der Waals surface area contributed by atoms with Crippen LogP contribution in [0.2, 0.25) is 0 Å². The molecule has 2 heteroatoms. The molecule has 2 heterocycles. The molecular weight excluding hydrogens is 609 g/mol. The molecule has 0 saturated carbocycles. The molecule has 0 saturated heterocycles. The van der Waals surface area contributed by atoms with Gasteiger partial charge in [0.2, 0.25) is 0 Å². The normalized spacial score (nSPS) is 12.0. The van der Waals surface area contributed by atoms with Crippen LogP contribution in [0.5, 0.6) is 0 Å². The van der Waals surface area contributed by atoms with Gasteiger partial charge in [-0.25, -0.2) is 0 Å². The predicted molar refractivity (Wildman–Crippen MR) is 210 cm³/mol. The summed E-state index contributed by atoms with van der Waals surface area (Å²) in [5, 5.41) is 12.1. The summed E-state index contributed by atoms with van der Waals surface area (Å²) in [5.74, 6) is 0. The van der Waals surface area contributed by atoms with Gasteiger partial charge in [-0.3, -0.25) is 0 Å². The second kappa shape index (κ2) is 10.4. The van der Waals surface area contributed by atoms with Gasteiger partial charge >= 0.3 is 0 Å². The second-order valence-electron chi connectivity index (χ2n) is 13.3. The maximum atomic E-state index is 6.30. The van der Waals surface area contributed by atoms with Gasteiger partial charge < -0.3 is 8.83 Å². The molecule has 0 radical (unpaired) electrons. The molecule has 0 aliphatic carbocycles. The fourth-order valence-electron chi connectivity index (χ4n) is 7.97. The Kier molecular flexibility index (Phi) is 5.70. The number of fused-ring (bicyclic) bond motifs is 12. The number of benzene rings is 9. The molecule has 0 atom stereocenters. The summed E-state index contributed by atoms with van der Waals surface area (Å²) in [6.45, 7) is 0. The smallest absolute Gasteiger partial charge is 0.136 e. The lowest BCUT2D eigenvalue weighted by Crippen LogP contribution is -1.85. The van der Waals surface area contributed by atoms with Gasteiger partial charge in [0.05, 0.1) is 0 Å². The minimum Gasteiger partial charge on any atom is -0.456 e. The van der Waals surface area contributed by atoms with Crippen LogP contribution in [0.3, 0.4) is 0 Å². The van der Waals surface area contributed by atoms with Crippen LogP contribution in [0.4, 0.5) is 0 Å². The molecule has 0 amide bonds. The SMILES string of the molecule is c1ccc2c(c1)oc1cc3c(cc12)oc1ccc(-c2ccc(-c4ccc(-c5ccc6c7ccccc7c7ccccc7c6c5)cc4)cc2)cc13. The predicted octanol–water partition coefficient (Wildman–Crippen LogP) is 13.9. The van der Waals surface area contributed by atoms with E-state index in [0.717, 1.165) is 49.4 Å². The molecule has 2 aromatic heterocycles. The fourth-order valence-corrected chi connectivity index (χ4v) is 7.97. The minimum atomic E-state index is 0.875. The maximum Gasteiger partial charge on any atom is 0.136 e. The van der Waals surface area contributed by atoms with Crippen LogP contribution in [0.1, 0.15) is 0 Å². The van der Waals surface area contributed by atoms with E-state index in [1.165, 1.54) is 60.1 Å². The van der Waals surface area contributed by atoms with Gasteiger partial charge in [-0.1, -0.05) is 133 Å². The molecule has 50 heavy (non-hydrogen) atoms. The van der Waals surface area contributed by atoms with Crippen molar-refractivity contribution in [2.24, 2.45) is 0 Å². The van der Waals surface area contributed by atoms with E-state index in [4.69, 9.17) is 8.83 Å². The highest BCUT2D eigenvalue weighted by Crippen LogP contribution is 2.40. The lowest BCUT2D eigenvalue weighted by atomic mass is 9.91. The average Bonchev–Trinajstić information content (AvgIpc) is 3.74. The summed E-state index contributed by atoms with van der Waals surface area (Å²) < 4.78 is 12.5. The lowest BCUT2D eigenvalue weighted by molar-refractivity contribution is 0.664. The van der Waals surface area contributed by atoms with Crippen molar-refractivity contribution >= 4 is 76.2 Å². The zero-order valence-corrected chi connectivity index (χ0v) is 27.0.